The fourth-order valence-electron chi connectivity index (χ4n) is 5.76. The Hall–Kier alpha value is -4.02. The van der Waals surface area contributed by atoms with Gasteiger partial charge in [0.1, 0.15) is 6.04 Å². The van der Waals surface area contributed by atoms with Gasteiger partial charge in [-0.15, -0.1) is 0 Å². The van der Waals surface area contributed by atoms with E-state index in [1.54, 1.807) is 32.3 Å². The zero-order chi connectivity index (χ0) is 35.3. The lowest BCUT2D eigenvalue weighted by molar-refractivity contribution is -0.140. The normalized spacial score (nSPS) is 14.7. The lowest BCUT2D eigenvalue weighted by Gasteiger charge is -2.40. The molecule has 0 heterocycles. The first-order chi connectivity index (χ1) is 21.8. The number of hydrogen-bond acceptors (Lipinski definition) is 6. The lowest BCUT2D eigenvalue weighted by atomic mass is 9.76. The Morgan fingerprint density at radius 1 is 0.830 bits per heavy atom. The minimum absolute atomic E-state index is 0.0240. The molecule has 0 aliphatic heterocycles. The van der Waals surface area contributed by atoms with Gasteiger partial charge in [-0.25, -0.2) is 13.1 Å². The number of nitrogens with zero attached hydrogens (tertiary/aromatic N) is 1. The van der Waals surface area contributed by atoms with E-state index >= 15 is 0 Å². The van der Waals surface area contributed by atoms with Crippen LogP contribution in [-0.4, -0.2) is 63.3 Å². The number of sulfonamides is 1. The van der Waals surface area contributed by atoms with Crippen LogP contribution in [0.5, 0.6) is 0 Å². The molecular weight excluding hydrogens is 612 g/mol. The van der Waals surface area contributed by atoms with E-state index < -0.39 is 44.9 Å². The van der Waals surface area contributed by atoms with E-state index in [0.717, 1.165) is 16.3 Å². The van der Waals surface area contributed by atoms with Crippen LogP contribution in [0.25, 0.3) is 10.8 Å². The van der Waals surface area contributed by atoms with Crippen molar-refractivity contribution < 1.29 is 22.8 Å². The molecule has 3 amide bonds. The zero-order valence-electron chi connectivity index (χ0n) is 29.2. The third kappa shape index (κ3) is 8.87. The van der Waals surface area contributed by atoms with Gasteiger partial charge in [0, 0.05) is 18.0 Å². The van der Waals surface area contributed by atoms with Crippen molar-refractivity contribution in [2.24, 2.45) is 11.3 Å². The number of benzene rings is 3. The Labute approximate surface area is 280 Å². The van der Waals surface area contributed by atoms with Gasteiger partial charge in [-0.3, -0.25) is 14.4 Å². The fraction of sp³-hybridized carbons (Fsp3) is 0.432. The second kappa shape index (κ2) is 14.8. The van der Waals surface area contributed by atoms with Crippen LogP contribution in [0.4, 0.5) is 0 Å². The quantitative estimate of drug-likeness (QED) is 0.230. The Kier molecular flexibility index (Phi) is 11.8. The number of likely N-dealkylation sites (N-methyl/N-ethyl adjacent to an activating group) is 2. The summed E-state index contributed by atoms with van der Waals surface area (Å²) in [5.41, 5.74) is -0.115. The summed E-state index contributed by atoms with van der Waals surface area (Å²) in [4.78, 5) is 42.6. The van der Waals surface area contributed by atoms with Crippen LogP contribution in [0.2, 0.25) is 0 Å². The molecule has 0 aliphatic rings. The van der Waals surface area contributed by atoms with Crippen molar-refractivity contribution in [2.75, 3.05) is 14.1 Å². The first kappa shape index (κ1) is 37.4. The first-order valence-electron chi connectivity index (χ1n) is 15.9. The Morgan fingerprint density at radius 3 is 1.96 bits per heavy atom. The minimum Gasteiger partial charge on any atom is -0.342 e. The molecule has 3 N–H and O–H groups in total. The van der Waals surface area contributed by atoms with E-state index in [0.29, 0.717) is 0 Å². The van der Waals surface area contributed by atoms with Gasteiger partial charge in [0.2, 0.25) is 11.8 Å². The standard InChI is InChI=1S/C37H50N4O5S/c1-24(2)30(22-25(3)33(42)40-47(45,46)29-21-20-26-16-14-15-17-27(26)23-29)41(10)35(44)32(36(4,5)6)39-34(43)31(38-9)37(7,8)28-18-12-11-13-19-28/h11-24,30-32,38H,1-10H3,(H,39,43)(H,40,42). The summed E-state index contributed by atoms with van der Waals surface area (Å²) in [5.74, 6) is -1.56. The molecule has 0 saturated carbocycles. The third-order valence-electron chi connectivity index (χ3n) is 8.71. The SMILES string of the molecule is CNC(C(=O)NC(C(=O)N(C)C(C=C(C)C(=O)NS(=O)(=O)c1ccc2ccccc2c1)C(C)C)C(C)(C)C)C(C)(C)c1ccccc1. The number of hydrogen-bond donors (Lipinski definition) is 3. The monoisotopic (exact) mass is 662 g/mol. The molecule has 0 saturated heterocycles. The minimum atomic E-state index is -4.15. The molecule has 0 aromatic heterocycles. The molecule has 0 fully saturated rings. The lowest BCUT2D eigenvalue weighted by Crippen LogP contribution is -2.61. The highest BCUT2D eigenvalue weighted by atomic mass is 32.2. The molecule has 3 rings (SSSR count). The van der Waals surface area contributed by atoms with Gasteiger partial charge in [-0.1, -0.05) is 115 Å². The second-order valence-corrected chi connectivity index (χ2v) is 15.8. The van der Waals surface area contributed by atoms with Crippen molar-refractivity contribution in [3.8, 4) is 0 Å². The maximum Gasteiger partial charge on any atom is 0.264 e. The van der Waals surface area contributed by atoms with Crippen LogP contribution >= 0.6 is 0 Å². The van der Waals surface area contributed by atoms with Gasteiger partial charge in [0.25, 0.3) is 15.9 Å². The van der Waals surface area contributed by atoms with Crippen LogP contribution < -0.4 is 15.4 Å². The van der Waals surface area contributed by atoms with Crippen LogP contribution in [0.3, 0.4) is 0 Å². The number of amides is 3. The van der Waals surface area contributed by atoms with Crippen LogP contribution in [0.1, 0.15) is 61.0 Å². The topological polar surface area (TPSA) is 125 Å². The molecule has 0 aliphatic carbocycles. The van der Waals surface area contributed by atoms with Crippen LogP contribution in [-0.2, 0) is 29.8 Å². The van der Waals surface area contributed by atoms with Crippen molar-refractivity contribution in [3.05, 3.63) is 90.0 Å². The molecule has 10 heteroatoms. The maximum atomic E-state index is 14.1. The van der Waals surface area contributed by atoms with Crippen molar-refractivity contribution in [1.29, 1.82) is 0 Å². The van der Waals surface area contributed by atoms with Crippen LogP contribution in [0, 0.1) is 11.3 Å². The van der Waals surface area contributed by atoms with Crippen molar-refractivity contribution in [3.63, 3.8) is 0 Å². The van der Waals surface area contributed by atoms with E-state index in [-0.39, 0.29) is 28.2 Å². The van der Waals surface area contributed by atoms with Crippen molar-refractivity contribution >= 4 is 38.5 Å². The largest absolute Gasteiger partial charge is 0.342 e. The van der Waals surface area contributed by atoms with E-state index in [1.165, 1.54) is 24.0 Å². The summed E-state index contributed by atoms with van der Waals surface area (Å²) in [5, 5.41) is 7.79. The Bertz CT molecular complexity index is 1730. The molecule has 47 heavy (non-hydrogen) atoms. The number of rotatable bonds is 12. The number of fused-ring (bicyclic) bond motifs is 1. The predicted molar refractivity (Wildman–Crippen MR) is 188 cm³/mol. The summed E-state index contributed by atoms with van der Waals surface area (Å²) in [6, 6.07) is 19.7. The third-order valence-corrected chi connectivity index (χ3v) is 10.0. The molecule has 254 valence electrons. The molecule has 9 nitrogen and oxygen atoms in total. The fourth-order valence-corrected chi connectivity index (χ4v) is 6.81. The molecular formula is C37H50N4O5S. The summed E-state index contributed by atoms with van der Waals surface area (Å²) >= 11 is 0. The highest BCUT2D eigenvalue weighted by molar-refractivity contribution is 7.90. The van der Waals surface area contributed by atoms with E-state index in [4.69, 9.17) is 0 Å². The zero-order valence-corrected chi connectivity index (χ0v) is 30.0. The van der Waals surface area contributed by atoms with Gasteiger partial charge < -0.3 is 15.5 Å². The van der Waals surface area contributed by atoms with Crippen molar-refractivity contribution in [2.45, 2.75) is 83.8 Å². The second-order valence-electron chi connectivity index (χ2n) is 14.1. The molecule has 3 aromatic rings. The molecule has 0 spiro atoms. The highest BCUT2D eigenvalue weighted by Gasteiger charge is 2.41. The smallest absolute Gasteiger partial charge is 0.264 e. The molecule has 3 atom stereocenters. The number of carbonyl (C=O) groups is 3. The van der Waals surface area contributed by atoms with Gasteiger partial charge >= 0.3 is 0 Å². The predicted octanol–water partition coefficient (Wildman–Crippen LogP) is 5.17. The highest BCUT2D eigenvalue weighted by Crippen LogP contribution is 2.29. The summed E-state index contributed by atoms with van der Waals surface area (Å²) in [7, 11) is -0.794. The number of nitrogens with one attached hydrogen (secondary N) is 3. The average Bonchev–Trinajstić information content (AvgIpc) is 3.01. The van der Waals surface area contributed by atoms with Crippen LogP contribution in [0.15, 0.2) is 89.3 Å². The van der Waals surface area contributed by atoms with E-state index in [9.17, 15) is 22.8 Å². The summed E-state index contributed by atoms with van der Waals surface area (Å²) < 4.78 is 28.4. The van der Waals surface area contributed by atoms with E-state index in [2.05, 4.69) is 15.4 Å². The number of carbonyl (C=O) groups excluding carboxylic acids is 3. The Balaban J connectivity index is 1.84. The van der Waals surface area contributed by atoms with E-state index in [1.807, 2.05) is 97.0 Å². The summed E-state index contributed by atoms with van der Waals surface area (Å²) in [6.07, 6.45) is 1.60. The maximum absolute atomic E-state index is 14.1. The first-order valence-corrected chi connectivity index (χ1v) is 17.3. The molecule has 3 unspecified atom stereocenters. The van der Waals surface area contributed by atoms with Gasteiger partial charge in [-0.05, 0) is 53.8 Å². The van der Waals surface area contributed by atoms with Crippen molar-refractivity contribution in [1.82, 2.24) is 20.3 Å². The molecule has 0 radical (unpaired) electrons. The van der Waals surface area contributed by atoms with Gasteiger partial charge in [0.05, 0.1) is 17.0 Å². The molecule has 0 bridgehead atoms. The van der Waals surface area contributed by atoms with Gasteiger partial charge in [-0.2, -0.15) is 0 Å². The van der Waals surface area contributed by atoms with Gasteiger partial charge in [0.15, 0.2) is 0 Å². The summed E-state index contributed by atoms with van der Waals surface area (Å²) in [6.45, 7) is 15.0. The average molecular weight is 663 g/mol. The Morgan fingerprint density at radius 2 is 1.40 bits per heavy atom. The molecule has 3 aromatic carbocycles.